The van der Waals surface area contributed by atoms with E-state index in [4.69, 9.17) is 10.5 Å². The van der Waals surface area contributed by atoms with Gasteiger partial charge in [-0.15, -0.1) is 0 Å². The topological polar surface area (TPSA) is 58.8 Å². The molecule has 1 amide bonds. The van der Waals surface area contributed by atoms with Gasteiger partial charge in [-0.05, 0) is 44.6 Å². The number of carbonyl (C=O) groups excluding carboxylic acids is 1. The van der Waals surface area contributed by atoms with Gasteiger partial charge >= 0.3 is 0 Å². The average molecular weight is 291 g/mol. The molecule has 0 bridgehead atoms. The van der Waals surface area contributed by atoms with E-state index in [1.165, 1.54) is 0 Å². The second-order valence-corrected chi connectivity index (χ2v) is 5.32. The highest BCUT2D eigenvalue weighted by atomic mass is 16.5. The molecular formula is C16H25N3O2. The summed E-state index contributed by atoms with van der Waals surface area (Å²) in [4.78, 5) is 16.5. The monoisotopic (exact) mass is 291 g/mol. The van der Waals surface area contributed by atoms with E-state index in [-0.39, 0.29) is 12.5 Å². The van der Waals surface area contributed by atoms with Gasteiger partial charge in [0.25, 0.3) is 5.91 Å². The molecule has 0 aromatic heterocycles. The van der Waals surface area contributed by atoms with Gasteiger partial charge in [-0.3, -0.25) is 4.79 Å². The molecule has 1 fully saturated rings. The summed E-state index contributed by atoms with van der Waals surface area (Å²) in [6.07, 6.45) is 2.03. The van der Waals surface area contributed by atoms with E-state index < -0.39 is 0 Å². The molecule has 21 heavy (non-hydrogen) atoms. The smallest absolute Gasteiger partial charge is 0.260 e. The Hall–Kier alpha value is -1.59. The number of hydrogen-bond acceptors (Lipinski definition) is 4. The molecule has 5 heteroatoms. The number of nitrogens with two attached hydrogens (primary N) is 1. The lowest BCUT2D eigenvalue weighted by Gasteiger charge is -2.22. The normalized spacial score (nSPS) is 16.5. The van der Waals surface area contributed by atoms with Crippen LogP contribution in [0, 0.1) is 0 Å². The minimum atomic E-state index is 0.0690. The molecule has 0 saturated carbocycles. The van der Waals surface area contributed by atoms with Crippen LogP contribution in [0.5, 0.6) is 5.75 Å². The van der Waals surface area contributed by atoms with Crippen molar-refractivity contribution in [2.75, 3.05) is 45.9 Å². The molecule has 0 aliphatic carbocycles. The first kappa shape index (κ1) is 15.8. The van der Waals surface area contributed by atoms with Crippen LogP contribution in [0.15, 0.2) is 30.3 Å². The lowest BCUT2D eigenvalue weighted by molar-refractivity contribution is -0.133. The Morgan fingerprint density at radius 1 is 1.14 bits per heavy atom. The molecule has 1 aromatic rings. The Morgan fingerprint density at radius 3 is 2.71 bits per heavy atom. The predicted octanol–water partition coefficient (Wildman–Crippen LogP) is 0.949. The van der Waals surface area contributed by atoms with Gasteiger partial charge in [0, 0.05) is 19.6 Å². The molecule has 2 rings (SSSR count). The van der Waals surface area contributed by atoms with E-state index in [1.807, 2.05) is 35.2 Å². The highest BCUT2D eigenvalue weighted by Crippen LogP contribution is 2.09. The molecule has 1 heterocycles. The van der Waals surface area contributed by atoms with Crippen LogP contribution in [-0.2, 0) is 4.79 Å². The van der Waals surface area contributed by atoms with Crippen molar-refractivity contribution >= 4 is 5.91 Å². The van der Waals surface area contributed by atoms with Gasteiger partial charge in [-0.1, -0.05) is 18.2 Å². The average Bonchev–Trinajstić information content (AvgIpc) is 2.77. The molecule has 1 aliphatic rings. The summed E-state index contributed by atoms with van der Waals surface area (Å²) in [5, 5.41) is 0. The molecule has 0 unspecified atom stereocenters. The van der Waals surface area contributed by atoms with Gasteiger partial charge in [0.15, 0.2) is 6.61 Å². The standard InChI is InChI=1S/C16H25N3O2/c17-8-4-9-18-10-5-11-19(13-12-18)16(20)14-21-15-6-2-1-3-7-15/h1-3,6-7H,4-5,8-14,17H2. The zero-order chi connectivity index (χ0) is 14.9. The van der Waals surface area contributed by atoms with Gasteiger partial charge in [-0.2, -0.15) is 0 Å². The fraction of sp³-hybridized carbons (Fsp3) is 0.562. The van der Waals surface area contributed by atoms with Crippen LogP contribution in [0.4, 0.5) is 0 Å². The number of nitrogens with zero attached hydrogens (tertiary/aromatic N) is 2. The Balaban J connectivity index is 1.75. The fourth-order valence-corrected chi connectivity index (χ4v) is 2.51. The molecule has 1 saturated heterocycles. The molecule has 1 aliphatic heterocycles. The van der Waals surface area contributed by atoms with Crippen LogP contribution in [0.2, 0.25) is 0 Å². The lowest BCUT2D eigenvalue weighted by atomic mass is 10.3. The summed E-state index contributed by atoms with van der Waals surface area (Å²) in [6, 6.07) is 9.47. The Kier molecular flexibility index (Phi) is 6.50. The minimum absolute atomic E-state index is 0.0690. The van der Waals surface area contributed by atoms with Crippen LogP contribution in [0.25, 0.3) is 0 Å². The number of benzene rings is 1. The molecular weight excluding hydrogens is 266 g/mol. The molecule has 1 aromatic carbocycles. The second-order valence-electron chi connectivity index (χ2n) is 5.32. The van der Waals surface area contributed by atoms with Crippen molar-refractivity contribution < 1.29 is 9.53 Å². The van der Waals surface area contributed by atoms with Gasteiger partial charge in [-0.25, -0.2) is 0 Å². The number of carbonyl (C=O) groups is 1. The van der Waals surface area contributed by atoms with E-state index in [0.717, 1.165) is 57.9 Å². The third kappa shape index (κ3) is 5.36. The second kappa shape index (κ2) is 8.64. The first-order valence-electron chi connectivity index (χ1n) is 7.67. The Morgan fingerprint density at radius 2 is 1.95 bits per heavy atom. The number of ether oxygens (including phenoxy) is 1. The maximum absolute atomic E-state index is 12.2. The summed E-state index contributed by atoms with van der Waals surface area (Å²) in [6.45, 7) is 5.44. The van der Waals surface area contributed by atoms with Crippen LogP contribution in [0.1, 0.15) is 12.8 Å². The maximum atomic E-state index is 12.2. The van der Waals surface area contributed by atoms with Crippen LogP contribution < -0.4 is 10.5 Å². The number of amides is 1. The summed E-state index contributed by atoms with van der Waals surface area (Å²) < 4.78 is 5.53. The van der Waals surface area contributed by atoms with E-state index in [9.17, 15) is 4.79 Å². The SMILES string of the molecule is NCCCN1CCCN(C(=O)COc2ccccc2)CC1. The Bertz CT molecular complexity index is 425. The first-order valence-corrected chi connectivity index (χ1v) is 7.67. The van der Waals surface area contributed by atoms with E-state index in [2.05, 4.69) is 4.90 Å². The van der Waals surface area contributed by atoms with Crippen molar-refractivity contribution in [2.24, 2.45) is 5.73 Å². The summed E-state index contributed by atoms with van der Waals surface area (Å²) in [5.41, 5.74) is 5.55. The van der Waals surface area contributed by atoms with Gasteiger partial charge in [0.05, 0.1) is 0 Å². The Labute approximate surface area is 126 Å². The van der Waals surface area contributed by atoms with Gasteiger partial charge in [0.1, 0.15) is 5.75 Å². The largest absolute Gasteiger partial charge is 0.484 e. The lowest BCUT2D eigenvalue weighted by Crippen LogP contribution is -2.38. The van der Waals surface area contributed by atoms with Gasteiger partial charge in [0.2, 0.25) is 0 Å². The molecule has 5 nitrogen and oxygen atoms in total. The predicted molar refractivity (Wildman–Crippen MR) is 83.2 cm³/mol. The molecule has 0 spiro atoms. The fourth-order valence-electron chi connectivity index (χ4n) is 2.51. The van der Waals surface area contributed by atoms with Crippen molar-refractivity contribution in [1.29, 1.82) is 0 Å². The van der Waals surface area contributed by atoms with E-state index in [0.29, 0.717) is 0 Å². The van der Waals surface area contributed by atoms with Crippen molar-refractivity contribution in [1.82, 2.24) is 9.80 Å². The highest BCUT2D eigenvalue weighted by Gasteiger charge is 2.19. The third-order valence-corrected chi connectivity index (χ3v) is 3.73. The molecule has 116 valence electrons. The summed E-state index contributed by atoms with van der Waals surface area (Å²) in [5.74, 6) is 0.810. The minimum Gasteiger partial charge on any atom is -0.484 e. The van der Waals surface area contributed by atoms with Crippen LogP contribution >= 0.6 is 0 Å². The third-order valence-electron chi connectivity index (χ3n) is 3.73. The quantitative estimate of drug-likeness (QED) is 0.848. The van der Waals surface area contributed by atoms with Crippen LogP contribution in [0.3, 0.4) is 0 Å². The maximum Gasteiger partial charge on any atom is 0.260 e. The summed E-state index contributed by atoms with van der Waals surface area (Å²) in [7, 11) is 0. The van der Waals surface area contributed by atoms with Crippen molar-refractivity contribution in [3.63, 3.8) is 0 Å². The number of para-hydroxylation sites is 1. The van der Waals surface area contributed by atoms with Crippen LogP contribution in [-0.4, -0.2) is 61.6 Å². The highest BCUT2D eigenvalue weighted by molar-refractivity contribution is 5.77. The van der Waals surface area contributed by atoms with Crippen molar-refractivity contribution in [3.05, 3.63) is 30.3 Å². The first-order chi connectivity index (χ1) is 10.3. The van der Waals surface area contributed by atoms with E-state index in [1.54, 1.807) is 0 Å². The number of hydrogen-bond donors (Lipinski definition) is 1. The molecule has 2 N–H and O–H groups in total. The van der Waals surface area contributed by atoms with Gasteiger partial charge < -0.3 is 20.3 Å². The molecule has 0 atom stereocenters. The molecule has 0 radical (unpaired) electrons. The summed E-state index contributed by atoms with van der Waals surface area (Å²) >= 11 is 0. The van der Waals surface area contributed by atoms with Crippen molar-refractivity contribution in [2.45, 2.75) is 12.8 Å². The van der Waals surface area contributed by atoms with Crippen molar-refractivity contribution in [3.8, 4) is 5.75 Å². The zero-order valence-electron chi connectivity index (χ0n) is 12.5. The number of rotatable bonds is 6. The zero-order valence-corrected chi connectivity index (χ0v) is 12.5. The van der Waals surface area contributed by atoms with E-state index >= 15 is 0 Å².